The Morgan fingerprint density at radius 3 is 0.921 bits per heavy atom. The van der Waals surface area contributed by atoms with Gasteiger partial charge in [-0.2, -0.15) is 0 Å². The van der Waals surface area contributed by atoms with Gasteiger partial charge in [-0.25, -0.2) is 0 Å². The van der Waals surface area contributed by atoms with Crippen LogP contribution in [0.25, 0.3) is 0 Å². The predicted molar refractivity (Wildman–Crippen MR) is 169 cm³/mol. The summed E-state index contributed by atoms with van der Waals surface area (Å²) in [5, 5.41) is 8.64. The van der Waals surface area contributed by atoms with Crippen molar-refractivity contribution in [1.82, 2.24) is 0 Å². The van der Waals surface area contributed by atoms with Crippen molar-refractivity contribution in [2.24, 2.45) is 0 Å². The molecule has 0 rings (SSSR count). The number of aliphatic carboxylic acids is 1. The second-order valence-electron chi connectivity index (χ2n) is 13.1. The first kappa shape index (κ1) is 37.4. The second-order valence-corrected chi connectivity index (χ2v) is 13.1. The van der Waals surface area contributed by atoms with Crippen molar-refractivity contribution in [3.05, 3.63) is 0 Å². The molecule has 0 aliphatic carbocycles. The van der Waals surface area contributed by atoms with Gasteiger partial charge in [0.05, 0.1) is 27.2 Å². The standard InChI is InChI=1S/C35H71NO2/c1-4-5-6-7-8-9-21-24-27-30-33-36(2,3)34-31-28-25-22-19-17-15-13-11-10-12-14-16-18-20-23-26-29-32-35(37)38/h4-34H2,1-3H3/p+1. The average Bonchev–Trinajstić information content (AvgIpc) is 2.88. The molecule has 0 aromatic heterocycles. The first-order valence-electron chi connectivity index (χ1n) is 17.5. The van der Waals surface area contributed by atoms with Crippen molar-refractivity contribution in [2.75, 3.05) is 27.2 Å². The van der Waals surface area contributed by atoms with Gasteiger partial charge < -0.3 is 9.59 Å². The molecule has 0 saturated heterocycles. The van der Waals surface area contributed by atoms with E-state index in [0.29, 0.717) is 6.42 Å². The molecular weight excluding hydrogens is 466 g/mol. The van der Waals surface area contributed by atoms with Crippen molar-refractivity contribution in [2.45, 2.75) is 193 Å². The van der Waals surface area contributed by atoms with Crippen molar-refractivity contribution in [3.8, 4) is 0 Å². The molecular formula is C35H72NO2+. The van der Waals surface area contributed by atoms with Crippen LogP contribution in [0.2, 0.25) is 0 Å². The van der Waals surface area contributed by atoms with Gasteiger partial charge in [0.15, 0.2) is 0 Å². The molecule has 0 aromatic carbocycles. The molecule has 0 heterocycles. The fraction of sp³-hybridized carbons (Fsp3) is 0.971. The molecule has 0 aliphatic heterocycles. The van der Waals surface area contributed by atoms with Crippen LogP contribution in [-0.4, -0.2) is 42.7 Å². The van der Waals surface area contributed by atoms with Crippen LogP contribution in [0.4, 0.5) is 0 Å². The summed E-state index contributed by atoms with van der Waals surface area (Å²) in [7, 11) is 4.89. The van der Waals surface area contributed by atoms with E-state index < -0.39 is 5.97 Å². The summed E-state index contributed by atoms with van der Waals surface area (Å²) in [5.41, 5.74) is 0. The van der Waals surface area contributed by atoms with Gasteiger partial charge in [-0.3, -0.25) is 4.79 Å². The largest absolute Gasteiger partial charge is 0.481 e. The smallest absolute Gasteiger partial charge is 0.303 e. The number of carboxylic acids is 1. The number of quaternary nitrogens is 1. The summed E-state index contributed by atoms with van der Waals surface area (Å²) in [4.78, 5) is 10.5. The van der Waals surface area contributed by atoms with Crippen molar-refractivity contribution in [1.29, 1.82) is 0 Å². The Balaban J connectivity index is 3.25. The number of unbranched alkanes of at least 4 members (excludes halogenated alkanes) is 26. The Morgan fingerprint density at radius 1 is 0.421 bits per heavy atom. The summed E-state index contributed by atoms with van der Waals surface area (Å²) in [6, 6.07) is 0. The van der Waals surface area contributed by atoms with E-state index in [1.165, 1.54) is 185 Å². The molecule has 3 heteroatoms. The van der Waals surface area contributed by atoms with Gasteiger partial charge in [0, 0.05) is 6.42 Å². The number of nitrogens with zero attached hydrogens (tertiary/aromatic N) is 1. The topological polar surface area (TPSA) is 37.3 Å². The van der Waals surface area contributed by atoms with Crippen LogP contribution in [0, 0.1) is 0 Å². The molecule has 38 heavy (non-hydrogen) atoms. The van der Waals surface area contributed by atoms with Crippen LogP contribution < -0.4 is 0 Å². The summed E-state index contributed by atoms with van der Waals surface area (Å²) in [6.45, 7) is 5.03. The van der Waals surface area contributed by atoms with Crippen LogP contribution >= 0.6 is 0 Å². The minimum Gasteiger partial charge on any atom is -0.481 e. The van der Waals surface area contributed by atoms with Gasteiger partial charge in [-0.1, -0.05) is 155 Å². The highest BCUT2D eigenvalue weighted by Gasteiger charge is 2.13. The van der Waals surface area contributed by atoms with E-state index in [-0.39, 0.29) is 0 Å². The third-order valence-electron chi connectivity index (χ3n) is 8.52. The number of rotatable bonds is 32. The molecule has 0 bridgehead atoms. The molecule has 0 atom stereocenters. The quantitative estimate of drug-likeness (QED) is 0.0683. The number of carboxylic acid groups (broad SMARTS) is 1. The molecule has 3 nitrogen and oxygen atoms in total. The minimum atomic E-state index is -0.649. The molecule has 0 spiro atoms. The Hall–Kier alpha value is -0.570. The van der Waals surface area contributed by atoms with E-state index in [0.717, 1.165) is 12.8 Å². The zero-order valence-electron chi connectivity index (χ0n) is 26.7. The maximum absolute atomic E-state index is 10.5. The monoisotopic (exact) mass is 539 g/mol. The summed E-state index contributed by atoms with van der Waals surface area (Å²) < 4.78 is 1.23. The Kier molecular flexibility index (Phi) is 29.0. The fourth-order valence-corrected chi connectivity index (χ4v) is 5.78. The lowest BCUT2D eigenvalue weighted by Crippen LogP contribution is -2.41. The molecule has 1 N–H and O–H groups in total. The van der Waals surface area contributed by atoms with Gasteiger partial charge >= 0.3 is 5.97 Å². The normalized spacial score (nSPS) is 11.9. The summed E-state index contributed by atoms with van der Waals surface area (Å²) in [6.07, 6.45) is 39.0. The number of carbonyl (C=O) groups is 1. The van der Waals surface area contributed by atoms with Gasteiger partial charge in [0.2, 0.25) is 0 Å². The summed E-state index contributed by atoms with van der Waals surface area (Å²) >= 11 is 0. The Bertz CT molecular complexity index is 477. The van der Waals surface area contributed by atoms with E-state index in [1.54, 1.807) is 0 Å². The zero-order chi connectivity index (χ0) is 28.0. The van der Waals surface area contributed by atoms with Gasteiger partial charge in [0.25, 0.3) is 0 Å². The molecule has 0 saturated carbocycles. The van der Waals surface area contributed by atoms with E-state index in [2.05, 4.69) is 21.0 Å². The molecule has 0 fully saturated rings. The van der Waals surface area contributed by atoms with Crippen LogP contribution in [0.3, 0.4) is 0 Å². The van der Waals surface area contributed by atoms with Crippen molar-refractivity contribution < 1.29 is 14.4 Å². The molecule has 0 aliphatic rings. The molecule has 228 valence electrons. The Labute approximate surface area is 240 Å². The highest BCUT2D eigenvalue weighted by Crippen LogP contribution is 2.16. The van der Waals surface area contributed by atoms with E-state index >= 15 is 0 Å². The molecule has 0 aromatic rings. The van der Waals surface area contributed by atoms with Crippen molar-refractivity contribution >= 4 is 5.97 Å². The van der Waals surface area contributed by atoms with Crippen LogP contribution in [-0.2, 0) is 4.79 Å². The van der Waals surface area contributed by atoms with Gasteiger partial charge in [-0.05, 0) is 32.1 Å². The van der Waals surface area contributed by atoms with E-state index in [9.17, 15) is 4.79 Å². The molecule has 0 amide bonds. The lowest BCUT2D eigenvalue weighted by molar-refractivity contribution is -0.890. The van der Waals surface area contributed by atoms with Crippen molar-refractivity contribution in [3.63, 3.8) is 0 Å². The number of hydrogen-bond acceptors (Lipinski definition) is 1. The first-order chi connectivity index (χ1) is 18.5. The lowest BCUT2D eigenvalue weighted by Gasteiger charge is -2.30. The maximum atomic E-state index is 10.5. The minimum absolute atomic E-state index is 0.345. The lowest BCUT2D eigenvalue weighted by atomic mass is 10.0. The fourth-order valence-electron chi connectivity index (χ4n) is 5.78. The van der Waals surface area contributed by atoms with E-state index in [1.807, 2.05) is 0 Å². The third-order valence-corrected chi connectivity index (χ3v) is 8.52. The zero-order valence-corrected chi connectivity index (χ0v) is 26.7. The number of hydrogen-bond donors (Lipinski definition) is 1. The SMILES string of the molecule is CCCCCCCCCCCC[N+](C)(C)CCCCCCCCCCCCCCCCCCCCC(=O)O. The van der Waals surface area contributed by atoms with Gasteiger partial charge in [-0.15, -0.1) is 0 Å². The predicted octanol–water partition coefficient (Wildman–Crippen LogP) is 11.5. The highest BCUT2D eigenvalue weighted by atomic mass is 16.4. The molecule has 0 unspecified atom stereocenters. The first-order valence-corrected chi connectivity index (χ1v) is 17.5. The second kappa shape index (κ2) is 29.4. The van der Waals surface area contributed by atoms with Gasteiger partial charge in [0.1, 0.15) is 0 Å². The van der Waals surface area contributed by atoms with Crippen LogP contribution in [0.1, 0.15) is 193 Å². The van der Waals surface area contributed by atoms with E-state index in [4.69, 9.17) is 5.11 Å². The van der Waals surface area contributed by atoms with Crippen LogP contribution in [0.5, 0.6) is 0 Å². The Morgan fingerprint density at radius 2 is 0.658 bits per heavy atom. The highest BCUT2D eigenvalue weighted by molar-refractivity contribution is 5.66. The average molecular weight is 539 g/mol. The summed E-state index contributed by atoms with van der Waals surface area (Å²) in [5.74, 6) is -0.649. The van der Waals surface area contributed by atoms with Crippen LogP contribution in [0.15, 0.2) is 0 Å². The maximum Gasteiger partial charge on any atom is 0.303 e. The molecule has 0 radical (unpaired) electrons. The third kappa shape index (κ3) is 31.6.